The van der Waals surface area contributed by atoms with Crippen LogP contribution in [-0.4, -0.2) is 19.6 Å². The van der Waals surface area contributed by atoms with Crippen LogP contribution in [0.4, 0.5) is 0 Å². The fraction of sp³-hybridized carbons (Fsp3) is 0.288. The third-order valence-corrected chi connectivity index (χ3v) is 11.2. The number of aromatic nitrogens is 3. The molecule has 0 fully saturated rings. The van der Waals surface area contributed by atoms with Crippen LogP contribution in [0.5, 0.6) is 5.75 Å². The van der Waals surface area contributed by atoms with Gasteiger partial charge in [0.25, 0.3) is 0 Å². The minimum atomic E-state index is -3.96. The first kappa shape index (κ1) is 26.4. The predicted octanol–water partition coefficient (Wildman–Crippen LogP) is 16.0. The molecule has 64 heavy (non-hydrogen) atoms. The van der Waals surface area contributed by atoms with Crippen LogP contribution in [0.1, 0.15) is 149 Å². The minimum absolute atomic E-state index is 0. The molecule has 8 rings (SSSR count). The number of imidazole rings is 1. The van der Waals surface area contributed by atoms with Gasteiger partial charge in [-0.2, -0.15) is 0 Å². The third kappa shape index (κ3) is 9.18. The second-order valence-electron chi connectivity index (χ2n) is 17.6. The van der Waals surface area contributed by atoms with Crippen molar-refractivity contribution in [3.63, 3.8) is 0 Å². The van der Waals surface area contributed by atoms with Gasteiger partial charge in [-0.15, -0.1) is 29.3 Å². The summed E-state index contributed by atoms with van der Waals surface area (Å²) in [6.45, 7) is 1.57. The Morgan fingerprint density at radius 3 is 2.06 bits per heavy atom. The summed E-state index contributed by atoms with van der Waals surface area (Å²) in [5.74, 6) is -2.09. The number of rotatable bonds is 8. The molecule has 330 valence electrons. The van der Waals surface area contributed by atoms with Gasteiger partial charge in [0.2, 0.25) is 0 Å². The van der Waals surface area contributed by atoms with Crippen molar-refractivity contribution in [2.45, 2.75) is 112 Å². The van der Waals surface area contributed by atoms with Gasteiger partial charge < -0.3 is 5.11 Å². The van der Waals surface area contributed by atoms with E-state index in [2.05, 4.69) is 11.1 Å². The van der Waals surface area contributed by atoms with Gasteiger partial charge in [0.15, 0.2) is 0 Å². The predicted molar refractivity (Wildman–Crippen MR) is 266 cm³/mol. The van der Waals surface area contributed by atoms with E-state index in [9.17, 15) is 6.48 Å². The number of fused-ring (bicyclic) bond motifs is 1. The molecule has 0 spiro atoms. The van der Waals surface area contributed by atoms with Crippen molar-refractivity contribution >= 4 is 11.0 Å². The molecule has 2 heterocycles. The van der Waals surface area contributed by atoms with Crippen LogP contribution in [0.25, 0.3) is 72.7 Å². The molecule has 0 aliphatic rings. The summed E-state index contributed by atoms with van der Waals surface area (Å²) < 4.78 is 185. The minimum Gasteiger partial charge on any atom is -0.507 e. The molecular formula is C59H62N3OPt-. The summed E-state index contributed by atoms with van der Waals surface area (Å²) in [5, 5.41) is 11.9. The van der Waals surface area contributed by atoms with Gasteiger partial charge in [-0.1, -0.05) is 153 Å². The van der Waals surface area contributed by atoms with E-state index in [1.807, 2.05) is 52.0 Å². The molecule has 0 radical (unpaired) electrons. The summed E-state index contributed by atoms with van der Waals surface area (Å²) in [4.78, 5) is 9.55. The SMILES string of the molecule is [2H]c1nc(-c2[c-]c(-c3cccc4c3nc(-c3cc(C)cc(C)c3O)n4-c3ccc(-c4cc(C([2H])(C)C)cc(C([2H])(C)C)c4)cc3C([2H])([2H])[2H])cc(C(C)(C)C)c2)c([2H])c(-c2c([2H])c([2H])c(C(C([2H])([2H])[2H])(C([2H])([2H])[2H])C([2H])([2H])[2H])c([2H])c2[2H])c1[2H].[Pt]. The van der Waals surface area contributed by atoms with Crippen molar-refractivity contribution < 1.29 is 55.0 Å². The molecule has 2 aromatic heterocycles. The fourth-order valence-electron chi connectivity index (χ4n) is 7.62. The average molecular weight is 1050 g/mol. The zero-order valence-corrected chi connectivity index (χ0v) is 39.4. The molecular weight excluding hydrogens is 962 g/mol. The van der Waals surface area contributed by atoms with E-state index in [0.29, 0.717) is 55.5 Å². The summed E-state index contributed by atoms with van der Waals surface area (Å²) in [5.41, 5.74) is -1.84. The van der Waals surface area contributed by atoms with Crippen LogP contribution >= 0.6 is 0 Å². The van der Waals surface area contributed by atoms with E-state index < -0.39 is 109 Å². The summed E-state index contributed by atoms with van der Waals surface area (Å²) >= 11 is 0. The van der Waals surface area contributed by atoms with E-state index in [-0.39, 0.29) is 60.7 Å². The second kappa shape index (κ2) is 17.8. The van der Waals surface area contributed by atoms with Crippen LogP contribution < -0.4 is 0 Å². The quantitative estimate of drug-likeness (QED) is 0.154. The molecule has 5 heteroatoms. The number of phenolic OH excluding ortho intramolecular Hbond substituents is 1. The van der Waals surface area contributed by atoms with Crippen LogP contribution in [-0.2, 0) is 31.9 Å². The molecule has 8 aromatic rings. The molecule has 0 bridgehead atoms. The van der Waals surface area contributed by atoms with Crippen LogP contribution in [0.3, 0.4) is 0 Å². The maximum Gasteiger partial charge on any atom is 0.148 e. The van der Waals surface area contributed by atoms with Gasteiger partial charge in [0, 0.05) is 52.1 Å². The first-order chi connectivity index (χ1) is 38.2. The smallest absolute Gasteiger partial charge is 0.148 e. The van der Waals surface area contributed by atoms with E-state index in [0.717, 1.165) is 5.56 Å². The Hall–Kier alpha value is -5.57. The van der Waals surface area contributed by atoms with Crippen LogP contribution in [0.15, 0.2) is 121 Å². The first-order valence-electron chi connectivity index (χ1n) is 31.1. The Morgan fingerprint density at radius 2 is 1.41 bits per heavy atom. The van der Waals surface area contributed by atoms with E-state index in [4.69, 9.17) is 32.4 Å². The zero-order valence-electron chi connectivity index (χ0n) is 58.1. The summed E-state index contributed by atoms with van der Waals surface area (Å²) in [6, 6.07) is 19.3. The molecule has 0 atom stereocenters. The maximum absolute atomic E-state index is 11.9. The summed E-state index contributed by atoms with van der Waals surface area (Å²) in [6.07, 6.45) is -0.807. The standard InChI is InChI=1S/C59H62N3O.Pt/c1-35(2)43-28-44(36(3)4)30-45(29-43)41-19-22-53(38(6)27-41)62-54-16-14-15-50(55(54)61-57(62)51-26-37(5)25-39(7)56(51)63)46-31-47(33-49(32-46)59(11,12)13)52-34-42(23-24-60-52)40-17-20-48(21-18-40)58(8,9)10;/h14-30,32-36,63H,1-13H3;/q-1;/i6D3,8D3,9D3,10D3,17D,18D,20D,21D,23D,24D,34D,35D,36D;. The Balaban J connectivity index is 0.0000104. The van der Waals surface area contributed by atoms with Crippen molar-refractivity contribution in [2.24, 2.45) is 0 Å². The number of para-hydroxylation sites is 1. The van der Waals surface area contributed by atoms with Gasteiger partial charge in [-0.3, -0.25) is 9.55 Å². The van der Waals surface area contributed by atoms with Crippen molar-refractivity contribution in [3.8, 4) is 67.5 Å². The molecule has 4 nitrogen and oxygen atoms in total. The number of benzene rings is 6. The van der Waals surface area contributed by atoms with Crippen molar-refractivity contribution in [1.29, 1.82) is 0 Å². The van der Waals surface area contributed by atoms with Crippen molar-refractivity contribution in [1.82, 2.24) is 14.5 Å². The van der Waals surface area contributed by atoms with Gasteiger partial charge in [-0.05, 0) is 129 Å². The molecule has 0 amide bonds. The molecule has 0 aliphatic carbocycles. The molecule has 0 unspecified atom stereocenters. The van der Waals surface area contributed by atoms with Gasteiger partial charge in [-0.25, -0.2) is 4.98 Å². The second-order valence-corrected chi connectivity index (χ2v) is 17.6. The Kier molecular flexibility index (Phi) is 7.33. The van der Waals surface area contributed by atoms with Crippen LogP contribution in [0, 0.1) is 26.8 Å². The largest absolute Gasteiger partial charge is 0.507 e. The Morgan fingerprint density at radius 1 is 0.703 bits per heavy atom. The maximum atomic E-state index is 11.9. The molecule has 6 aromatic carbocycles. The zero-order chi connectivity index (χ0) is 63.1. The van der Waals surface area contributed by atoms with Crippen molar-refractivity contribution in [3.05, 3.63) is 166 Å². The van der Waals surface area contributed by atoms with Gasteiger partial charge >= 0.3 is 0 Å². The normalized spacial score (nSPS) is 17.9. The summed E-state index contributed by atoms with van der Waals surface area (Å²) in [7, 11) is 0. The Bertz CT molecular complexity index is 3890. The van der Waals surface area contributed by atoms with Crippen molar-refractivity contribution in [2.75, 3.05) is 0 Å². The average Bonchev–Trinajstić information content (AvgIpc) is 1.17. The molecule has 1 N–H and O–H groups in total. The fourth-order valence-corrected chi connectivity index (χ4v) is 7.62. The number of hydrogen-bond acceptors (Lipinski definition) is 3. The molecule has 0 saturated heterocycles. The van der Waals surface area contributed by atoms with E-state index in [1.54, 1.807) is 93.8 Å². The van der Waals surface area contributed by atoms with E-state index >= 15 is 0 Å². The van der Waals surface area contributed by atoms with Crippen LogP contribution in [0.2, 0.25) is 0 Å². The Labute approximate surface area is 425 Å². The number of nitrogens with zero attached hydrogens (tertiary/aromatic N) is 3. The number of phenols is 1. The molecule has 0 aliphatic heterocycles. The first-order valence-corrected chi connectivity index (χ1v) is 20.6. The van der Waals surface area contributed by atoms with Gasteiger partial charge in [0.05, 0.1) is 31.9 Å². The van der Waals surface area contributed by atoms with Gasteiger partial charge in [0.1, 0.15) is 11.6 Å². The topological polar surface area (TPSA) is 50.9 Å². The number of hydrogen-bond donors (Lipinski definition) is 1. The number of pyridine rings is 1. The molecule has 0 saturated carbocycles. The number of aromatic hydroxyl groups is 1. The third-order valence-electron chi connectivity index (χ3n) is 11.2. The van der Waals surface area contributed by atoms with E-state index in [1.165, 1.54) is 0 Å². The monoisotopic (exact) mass is 1040 g/mol. The number of aryl methyl sites for hydroxylation is 3.